The van der Waals surface area contributed by atoms with E-state index in [1.54, 1.807) is 13.0 Å². The van der Waals surface area contributed by atoms with E-state index in [1.165, 1.54) is 17.2 Å². The number of phenols is 1. The standard InChI is InChI=1S/C18H24O4/c1-12(2)6-5-7-13(3)8-9-22-15-10-14(4)17(18(20)21)16(19)11-15/h6,8,10-11,19H,5,7,9H2,1-4H3,(H,20,21)/b13-8+. The lowest BCUT2D eigenvalue weighted by Crippen LogP contribution is -2.02. The van der Waals surface area contributed by atoms with Crippen LogP contribution < -0.4 is 4.74 Å². The predicted octanol–water partition coefficient (Wildman–Crippen LogP) is 4.47. The smallest absolute Gasteiger partial charge is 0.339 e. The van der Waals surface area contributed by atoms with Crippen molar-refractivity contribution in [1.29, 1.82) is 0 Å². The molecule has 1 aromatic carbocycles. The zero-order valence-electron chi connectivity index (χ0n) is 13.6. The van der Waals surface area contributed by atoms with Crippen molar-refractivity contribution in [3.63, 3.8) is 0 Å². The van der Waals surface area contributed by atoms with E-state index in [-0.39, 0.29) is 11.3 Å². The number of carbonyl (C=O) groups is 1. The third-order valence-electron chi connectivity index (χ3n) is 3.28. The monoisotopic (exact) mass is 304 g/mol. The third kappa shape index (κ3) is 5.64. The van der Waals surface area contributed by atoms with Crippen molar-refractivity contribution in [3.8, 4) is 11.5 Å². The van der Waals surface area contributed by atoms with Crippen molar-refractivity contribution in [2.45, 2.75) is 40.5 Å². The van der Waals surface area contributed by atoms with E-state index in [9.17, 15) is 9.90 Å². The second-order valence-corrected chi connectivity index (χ2v) is 5.62. The predicted molar refractivity (Wildman–Crippen MR) is 87.7 cm³/mol. The Morgan fingerprint density at radius 3 is 2.45 bits per heavy atom. The molecule has 0 aliphatic heterocycles. The van der Waals surface area contributed by atoms with Crippen LogP contribution in [-0.2, 0) is 0 Å². The van der Waals surface area contributed by atoms with Crippen LogP contribution in [0.15, 0.2) is 35.4 Å². The first kappa shape index (κ1) is 17.8. The van der Waals surface area contributed by atoms with Gasteiger partial charge in [0.2, 0.25) is 0 Å². The van der Waals surface area contributed by atoms with E-state index in [1.807, 2.05) is 6.08 Å². The highest BCUT2D eigenvalue weighted by molar-refractivity contribution is 5.92. The topological polar surface area (TPSA) is 66.8 Å². The Labute approximate surface area is 131 Å². The van der Waals surface area contributed by atoms with Gasteiger partial charge in [-0.05, 0) is 58.2 Å². The highest BCUT2D eigenvalue weighted by atomic mass is 16.5. The lowest BCUT2D eigenvalue weighted by molar-refractivity contribution is 0.0693. The summed E-state index contributed by atoms with van der Waals surface area (Å²) in [7, 11) is 0. The number of aryl methyl sites for hydroxylation is 1. The average molecular weight is 304 g/mol. The van der Waals surface area contributed by atoms with Crippen LogP contribution in [0.25, 0.3) is 0 Å². The minimum absolute atomic E-state index is 0.0826. The van der Waals surface area contributed by atoms with E-state index in [4.69, 9.17) is 9.84 Å². The SMILES string of the molecule is CC(C)=CCC/C(C)=C/COc1cc(C)c(C(=O)O)c(O)c1. The zero-order chi connectivity index (χ0) is 16.7. The second kappa shape index (κ2) is 8.27. The number of allylic oxidation sites excluding steroid dienone is 3. The minimum Gasteiger partial charge on any atom is -0.507 e. The molecule has 22 heavy (non-hydrogen) atoms. The maximum absolute atomic E-state index is 11.0. The molecule has 0 unspecified atom stereocenters. The Hall–Kier alpha value is -2.23. The van der Waals surface area contributed by atoms with E-state index in [2.05, 4.69) is 26.8 Å². The lowest BCUT2D eigenvalue weighted by atomic mass is 10.1. The van der Waals surface area contributed by atoms with Crippen molar-refractivity contribution >= 4 is 5.97 Å². The average Bonchev–Trinajstić information content (AvgIpc) is 2.36. The number of benzene rings is 1. The summed E-state index contributed by atoms with van der Waals surface area (Å²) < 4.78 is 5.56. The lowest BCUT2D eigenvalue weighted by Gasteiger charge is -2.09. The summed E-state index contributed by atoms with van der Waals surface area (Å²) in [6, 6.07) is 2.96. The minimum atomic E-state index is -1.14. The summed E-state index contributed by atoms with van der Waals surface area (Å²) in [4.78, 5) is 11.0. The van der Waals surface area contributed by atoms with Crippen molar-refractivity contribution in [2.75, 3.05) is 6.61 Å². The van der Waals surface area contributed by atoms with Gasteiger partial charge in [0, 0.05) is 6.07 Å². The second-order valence-electron chi connectivity index (χ2n) is 5.62. The summed E-state index contributed by atoms with van der Waals surface area (Å²) in [6.45, 7) is 8.25. The molecule has 0 saturated carbocycles. The maximum atomic E-state index is 11.0. The van der Waals surface area contributed by atoms with Crippen molar-refractivity contribution in [3.05, 3.63) is 46.6 Å². The molecular weight excluding hydrogens is 280 g/mol. The first-order valence-electron chi connectivity index (χ1n) is 7.30. The molecule has 2 N–H and O–H groups in total. The zero-order valence-corrected chi connectivity index (χ0v) is 13.6. The number of carboxylic acid groups (broad SMARTS) is 1. The largest absolute Gasteiger partial charge is 0.507 e. The maximum Gasteiger partial charge on any atom is 0.339 e. The highest BCUT2D eigenvalue weighted by Gasteiger charge is 2.14. The Morgan fingerprint density at radius 2 is 1.91 bits per heavy atom. The Balaban J connectivity index is 2.62. The fourth-order valence-electron chi connectivity index (χ4n) is 2.07. The van der Waals surface area contributed by atoms with Crippen molar-refractivity contribution < 1.29 is 19.7 Å². The summed E-state index contributed by atoms with van der Waals surface area (Å²) in [6.07, 6.45) is 6.19. The number of ether oxygens (including phenoxy) is 1. The number of aromatic carboxylic acids is 1. The Bertz CT molecular complexity index is 570. The summed E-state index contributed by atoms with van der Waals surface area (Å²) in [5.41, 5.74) is 2.95. The van der Waals surface area contributed by atoms with Crippen LogP contribution in [0.2, 0.25) is 0 Å². The van der Waals surface area contributed by atoms with E-state index < -0.39 is 5.97 Å². The van der Waals surface area contributed by atoms with Gasteiger partial charge in [0.05, 0.1) is 0 Å². The fraction of sp³-hybridized carbons (Fsp3) is 0.389. The number of hydrogen-bond donors (Lipinski definition) is 2. The molecular formula is C18H24O4. The molecule has 4 heteroatoms. The number of aromatic hydroxyl groups is 1. The molecule has 1 aromatic rings. The first-order valence-corrected chi connectivity index (χ1v) is 7.30. The fourth-order valence-corrected chi connectivity index (χ4v) is 2.07. The van der Waals surface area contributed by atoms with Gasteiger partial charge < -0.3 is 14.9 Å². The van der Waals surface area contributed by atoms with Gasteiger partial charge in [0.1, 0.15) is 23.7 Å². The Morgan fingerprint density at radius 1 is 1.23 bits per heavy atom. The van der Waals surface area contributed by atoms with Gasteiger partial charge in [-0.3, -0.25) is 0 Å². The van der Waals surface area contributed by atoms with Crippen LogP contribution in [0.1, 0.15) is 49.5 Å². The molecule has 0 saturated heterocycles. The molecule has 0 aliphatic carbocycles. The van der Waals surface area contributed by atoms with Crippen LogP contribution >= 0.6 is 0 Å². The van der Waals surface area contributed by atoms with Gasteiger partial charge in [0.25, 0.3) is 0 Å². The molecule has 0 fully saturated rings. The number of carboxylic acids is 1. The quantitative estimate of drug-likeness (QED) is 0.729. The molecule has 0 amide bonds. The van der Waals surface area contributed by atoms with Crippen molar-refractivity contribution in [2.24, 2.45) is 0 Å². The summed E-state index contributed by atoms with van der Waals surface area (Å²) in [5, 5.41) is 18.7. The molecule has 0 aromatic heterocycles. The number of hydrogen-bond acceptors (Lipinski definition) is 3. The molecule has 0 atom stereocenters. The Kier molecular flexibility index (Phi) is 6.70. The van der Waals surface area contributed by atoms with E-state index in [0.717, 1.165) is 12.8 Å². The molecule has 0 aliphatic rings. The molecule has 1 rings (SSSR count). The van der Waals surface area contributed by atoms with Gasteiger partial charge >= 0.3 is 5.97 Å². The first-order chi connectivity index (χ1) is 10.3. The van der Waals surface area contributed by atoms with Gasteiger partial charge in [-0.1, -0.05) is 17.2 Å². The van der Waals surface area contributed by atoms with Crippen molar-refractivity contribution in [1.82, 2.24) is 0 Å². The third-order valence-corrected chi connectivity index (χ3v) is 3.28. The van der Waals surface area contributed by atoms with E-state index >= 15 is 0 Å². The van der Waals surface area contributed by atoms with Crippen LogP contribution in [0.4, 0.5) is 0 Å². The molecule has 4 nitrogen and oxygen atoms in total. The normalized spacial score (nSPS) is 11.2. The molecule has 120 valence electrons. The van der Waals surface area contributed by atoms with Crippen LogP contribution in [0.5, 0.6) is 11.5 Å². The van der Waals surface area contributed by atoms with E-state index in [0.29, 0.717) is 17.9 Å². The van der Waals surface area contributed by atoms with Crippen LogP contribution in [-0.4, -0.2) is 22.8 Å². The summed E-state index contributed by atoms with van der Waals surface area (Å²) >= 11 is 0. The molecule has 0 heterocycles. The van der Waals surface area contributed by atoms with Gasteiger partial charge in [-0.25, -0.2) is 4.79 Å². The van der Waals surface area contributed by atoms with Crippen LogP contribution in [0, 0.1) is 6.92 Å². The van der Waals surface area contributed by atoms with Crippen LogP contribution in [0.3, 0.4) is 0 Å². The number of rotatable bonds is 7. The van der Waals surface area contributed by atoms with Gasteiger partial charge in [-0.2, -0.15) is 0 Å². The summed E-state index contributed by atoms with van der Waals surface area (Å²) in [5.74, 6) is -0.948. The molecule has 0 spiro atoms. The molecule has 0 bridgehead atoms. The van der Waals surface area contributed by atoms with Gasteiger partial charge in [0.15, 0.2) is 0 Å². The molecule has 0 radical (unpaired) electrons. The highest BCUT2D eigenvalue weighted by Crippen LogP contribution is 2.27. The van der Waals surface area contributed by atoms with Gasteiger partial charge in [-0.15, -0.1) is 0 Å².